The van der Waals surface area contributed by atoms with Gasteiger partial charge in [-0.05, 0) is 60.2 Å². The maximum atomic E-state index is 13.9. The molecule has 212 valence electrons. The molecule has 1 aliphatic rings. The predicted octanol–water partition coefficient (Wildman–Crippen LogP) is 4.72. The summed E-state index contributed by atoms with van der Waals surface area (Å²) in [5.41, 5.74) is 2.22. The number of carbonyl (C=O) groups excluding carboxylic acids is 1. The molecule has 0 unspecified atom stereocenters. The van der Waals surface area contributed by atoms with Gasteiger partial charge in [0, 0.05) is 24.1 Å². The molecule has 2 aromatic heterocycles. The first kappa shape index (κ1) is 27.9. The normalized spacial score (nSPS) is 14.6. The molecule has 1 N–H and O–H groups in total. The smallest absolute Gasteiger partial charge is 0.283 e. The minimum absolute atomic E-state index is 0.128. The van der Waals surface area contributed by atoms with E-state index in [0.717, 1.165) is 17.3 Å². The number of thiazole rings is 1. The first-order valence-electron chi connectivity index (χ1n) is 13.1. The molecule has 6 rings (SSSR count). The minimum atomic E-state index is -0.720. The zero-order valence-corrected chi connectivity index (χ0v) is 24.2. The van der Waals surface area contributed by atoms with Crippen LogP contribution in [0.15, 0.2) is 128 Å². The summed E-state index contributed by atoms with van der Waals surface area (Å²) in [6, 6.07) is 24.1. The van der Waals surface area contributed by atoms with Crippen LogP contribution in [-0.4, -0.2) is 25.4 Å². The highest BCUT2D eigenvalue weighted by molar-refractivity contribution is 7.99. The molecule has 0 saturated carbocycles. The molecular weight excluding hydrogens is 585 g/mol. The molecule has 1 aliphatic heterocycles. The molecule has 0 fully saturated rings. The van der Waals surface area contributed by atoms with Crippen LogP contribution in [0.5, 0.6) is 0 Å². The summed E-state index contributed by atoms with van der Waals surface area (Å²) in [7, 11) is 0. The maximum absolute atomic E-state index is 13.9. The minimum Gasteiger partial charge on any atom is -0.322 e. The number of nitrogens with one attached hydrogen (secondary N) is 1. The number of rotatable bonds is 7. The first-order chi connectivity index (χ1) is 20.9. The fourth-order valence-corrected chi connectivity index (χ4v) is 6.57. The van der Waals surface area contributed by atoms with Gasteiger partial charge in [-0.1, -0.05) is 65.9 Å². The zero-order chi connectivity index (χ0) is 29.9. The fourth-order valence-electron chi connectivity index (χ4n) is 4.72. The molecule has 12 heteroatoms. The molecule has 1 atom stereocenters. The number of para-hydroxylation sites is 1. The van der Waals surface area contributed by atoms with E-state index in [0.29, 0.717) is 41.9 Å². The Balaban J connectivity index is 1.43. The highest BCUT2D eigenvalue weighted by Gasteiger charge is 2.32. The molecule has 0 bridgehead atoms. The predicted molar refractivity (Wildman–Crippen MR) is 165 cm³/mol. The third-order valence-electron chi connectivity index (χ3n) is 6.63. The lowest BCUT2D eigenvalue weighted by atomic mass is 9.95. The Bertz CT molecular complexity index is 2060. The third kappa shape index (κ3) is 5.78. The van der Waals surface area contributed by atoms with Crippen LogP contribution in [0, 0.1) is 10.1 Å². The lowest BCUT2D eigenvalue weighted by Gasteiger charge is -2.25. The van der Waals surface area contributed by atoms with Crippen molar-refractivity contribution < 1.29 is 9.72 Å². The van der Waals surface area contributed by atoms with Crippen LogP contribution in [0.25, 0.3) is 6.08 Å². The monoisotopic (exact) mass is 606 g/mol. The lowest BCUT2D eigenvalue weighted by Crippen LogP contribution is -2.40. The molecule has 0 saturated heterocycles. The van der Waals surface area contributed by atoms with Crippen LogP contribution in [0.1, 0.15) is 24.1 Å². The van der Waals surface area contributed by atoms with Gasteiger partial charge in [0.2, 0.25) is 0 Å². The van der Waals surface area contributed by atoms with Gasteiger partial charge >= 0.3 is 0 Å². The van der Waals surface area contributed by atoms with E-state index >= 15 is 0 Å². The third-order valence-corrected chi connectivity index (χ3v) is 8.58. The number of aromatic nitrogens is 3. The number of amides is 1. The Morgan fingerprint density at radius 2 is 1.72 bits per heavy atom. The average molecular weight is 607 g/mol. The van der Waals surface area contributed by atoms with E-state index in [2.05, 4.69) is 20.3 Å². The van der Waals surface area contributed by atoms with Gasteiger partial charge in [0.05, 0.1) is 31.7 Å². The van der Waals surface area contributed by atoms with Gasteiger partial charge in [-0.2, -0.15) is 0 Å². The van der Waals surface area contributed by atoms with Gasteiger partial charge in [0.1, 0.15) is 0 Å². The van der Waals surface area contributed by atoms with Crippen molar-refractivity contribution in [3.05, 3.63) is 150 Å². The van der Waals surface area contributed by atoms with Crippen molar-refractivity contribution in [3.8, 4) is 0 Å². The van der Waals surface area contributed by atoms with Crippen LogP contribution < -0.4 is 20.2 Å². The Morgan fingerprint density at radius 3 is 2.42 bits per heavy atom. The number of nitrogens with zero attached hydrogens (tertiary/aromatic N) is 5. The average Bonchev–Trinajstić information content (AvgIpc) is 3.32. The number of anilines is 1. The fraction of sp³-hybridized carbons (Fsp3) is 0.0645. The van der Waals surface area contributed by atoms with Crippen LogP contribution in [0.2, 0.25) is 0 Å². The van der Waals surface area contributed by atoms with E-state index < -0.39 is 11.0 Å². The van der Waals surface area contributed by atoms with Crippen molar-refractivity contribution in [1.29, 1.82) is 0 Å². The van der Waals surface area contributed by atoms with Crippen molar-refractivity contribution in [2.75, 3.05) is 5.32 Å². The van der Waals surface area contributed by atoms with E-state index in [1.165, 1.54) is 22.0 Å². The standard InChI is InChI=1S/C31H22N6O4S2/c1-19-26(28(38)35-22-11-6-3-7-12-22)27(21-9-4-2-5-10-21)36-29(39)25(43-31(36)34-19)18-20-13-14-24(23(17-20)37(40)41)42-30-32-15-8-16-33-30/h2-18,27H,1H3,(H,35,38)/b25-18+/t27-/m0/s1. The van der Waals surface area contributed by atoms with Gasteiger partial charge in [-0.15, -0.1) is 0 Å². The van der Waals surface area contributed by atoms with Crippen molar-refractivity contribution in [2.24, 2.45) is 4.99 Å². The summed E-state index contributed by atoms with van der Waals surface area (Å²) in [5.74, 6) is -0.360. The van der Waals surface area contributed by atoms with E-state index in [1.54, 1.807) is 55.7 Å². The Labute approximate surface area is 253 Å². The number of benzene rings is 3. The Kier molecular flexibility index (Phi) is 7.77. The largest absolute Gasteiger partial charge is 0.322 e. The Hall–Kier alpha value is -5.20. The van der Waals surface area contributed by atoms with Gasteiger partial charge in [0.15, 0.2) is 9.96 Å². The highest BCUT2D eigenvalue weighted by atomic mass is 32.2. The number of hydrogen-bond donors (Lipinski definition) is 1. The molecule has 1 amide bonds. The zero-order valence-electron chi connectivity index (χ0n) is 22.6. The van der Waals surface area contributed by atoms with Gasteiger partial charge < -0.3 is 5.32 Å². The Morgan fingerprint density at radius 1 is 1.02 bits per heavy atom. The summed E-state index contributed by atoms with van der Waals surface area (Å²) in [4.78, 5) is 52.7. The van der Waals surface area contributed by atoms with Crippen molar-refractivity contribution in [2.45, 2.75) is 23.0 Å². The van der Waals surface area contributed by atoms with E-state index in [9.17, 15) is 19.7 Å². The summed E-state index contributed by atoms with van der Waals surface area (Å²) in [6.45, 7) is 1.75. The molecule has 0 radical (unpaired) electrons. The molecule has 3 aromatic carbocycles. The van der Waals surface area contributed by atoms with E-state index in [1.807, 2.05) is 48.5 Å². The highest BCUT2D eigenvalue weighted by Crippen LogP contribution is 2.34. The number of fused-ring (bicyclic) bond motifs is 1. The van der Waals surface area contributed by atoms with Crippen LogP contribution in [0.4, 0.5) is 11.4 Å². The lowest BCUT2D eigenvalue weighted by molar-refractivity contribution is -0.387. The number of nitro groups is 1. The molecule has 5 aromatic rings. The second-order valence-corrected chi connectivity index (χ2v) is 11.4. The summed E-state index contributed by atoms with van der Waals surface area (Å²) < 4.78 is 1.85. The molecule has 0 spiro atoms. The van der Waals surface area contributed by atoms with Crippen LogP contribution in [0.3, 0.4) is 0 Å². The quantitative estimate of drug-likeness (QED) is 0.161. The SMILES string of the molecule is CC1=C(C(=O)Nc2ccccc2)[C@H](c2ccccc2)n2c(s/c(=C/c3ccc(Sc4ncccn4)c([N+](=O)[O-])c3)c2=O)=N1. The number of hydrogen-bond acceptors (Lipinski definition) is 9. The topological polar surface area (TPSA) is 132 Å². The van der Waals surface area contributed by atoms with Crippen LogP contribution in [-0.2, 0) is 4.79 Å². The van der Waals surface area contributed by atoms with E-state index in [-0.39, 0.29) is 17.2 Å². The van der Waals surface area contributed by atoms with Crippen molar-refractivity contribution in [3.63, 3.8) is 0 Å². The second kappa shape index (κ2) is 12.0. The second-order valence-electron chi connectivity index (χ2n) is 9.43. The van der Waals surface area contributed by atoms with Gasteiger partial charge in [-0.3, -0.25) is 24.3 Å². The first-order valence-corrected chi connectivity index (χ1v) is 14.7. The summed E-state index contributed by atoms with van der Waals surface area (Å²) >= 11 is 2.25. The maximum Gasteiger partial charge on any atom is 0.283 e. The van der Waals surface area contributed by atoms with Gasteiger partial charge in [-0.25, -0.2) is 15.0 Å². The summed E-state index contributed by atoms with van der Waals surface area (Å²) in [6.07, 6.45) is 4.74. The molecular formula is C31H22N6O4S2. The molecule has 43 heavy (non-hydrogen) atoms. The van der Waals surface area contributed by atoms with E-state index in [4.69, 9.17) is 0 Å². The van der Waals surface area contributed by atoms with Gasteiger partial charge in [0.25, 0.3) is 17.2 Å². The molecule has 10 nitrogen and oxygen atoms in total. The van der Waals surface area contributed by atoms with Crippen molar-refractivity contribution >= 4 is 46.5 Å². The van der Waals surface area contributed by atoms with Crippen LogP contribution >= 0.6 is 23.1 Å². The summed E-state index contributed by atoms with van der Waals surface area (Å²) in [5, 5.41) is 15.2. The molecule has 3 heterocycles. The number of nitro benzene ring substituents is 1. The van der Waals surface area contributed by atoms with Crippen molar-refractivity contribution in [1.82, 2.24) is 14.5 Å². The number of carbonyl (C=O) groups is 1. The number of allylic oxidation sites excluding steroid dienone is 1. The molecule has 0 aliphatic carbocycles.